The van der Waals surface area contributed by atoms with E-state index in [0.29, 0.717) is 42.3 Å². The highest BCUT2D eigenvalue weighted by Gasteiger charge is 2.32. The van der Waals surface area contributed by atoms with Gasteiger partial charge in [-0.2, -0.15) is 5.10 Å². The highest BCUT2D eigenvalue weighted by atomic mass is 16.1. The van der Waals surface area contributed by atoms with Gasteiger partial charge in [-0.05, 0) is 19.2 Å². The number of anilines is 1. The van der Waals surface area contributed by atoms with Crippen LogP contribution in [0, 0.1) is 0 Å². The molecule has 3 aromatic rings. The standard InChI is InChI=1S/C17H19N7O/c1-19-5-6-20-10-2-3-11-13-12(10)17(25)16-15(21-7-8-22-16)14(13)23-24(11)9-4-18/h2-3,7-8,19-20H,4-6,9,18H2,1H3. The zero-order valence-electron chi connectivity index (χ0n) is 13.9. The molecule has 1 aromatic carbocycles. The summed E-state index contributed by atoms with van der Waals surface area (Å²) in [6.07, 6.45) is 3.12. The molecule has 2 heterocycles. The molecule has 0 fully saturated rings. The maximum absolute atomic E-state index is 13.1. The fraction of sp³-hybridized carbons (Fsp3) is 0.294. The Hall–Kier alpha value is -2.84. The monoisotopic (exact) mass is 337 g/mol. The van der Waals surface area contributed by atoms with Crippen molar-refractivity contribution in [3.05, 3.63) is 35.8 Å². The normalized spacial score (nSPS) is 12.5. The number of ketones is 1. The Morgan fingerprint density at radius 2 is 1.92 bits per heavy atom. The number of rotatable bonds is 6. The first kappa shape index (κ1) is 15.7. The number of nitrogens with one attached hydrogen (secondary N) is 2. The average molecular weight is 337 g/mol. The molecule has 0 saturated carbocycles. The third kappa shape index (κ3) is 2.38. The molecule has 8 heteroatoms. The summed E-state index contributed by atoms with van der Waals surface area (Å²) in [6.45, 7) is 2.55. The summed E-state index contributed by atoms with van der Waals surface area (Å²) >= 11 is 0. The van der Waals surface area contributed by atoms with Gasteiger partial charge in [-0.3, -0.25) is 14.5 Å². The number of carbonyl (C=O) groups excluding carboxylic acids is 1. The summed E-state index contributed by atoms with van der Waals surface area (Å²) in [5.74, 6) is -0.125. The predicted octanol–water partition coefficient (Wildman–Crippen LogP) is 0.628. The Kier molecular flexibility index (Phi) is 3.90. The van der Waals surface area contributed by atoms with Gasteiger partial charge in [0, 0.05) is 43.1 Å². The zero-order valence-corrected chi connectivity index (χ0v) is 13.9. The minimum Gasteiger partial charge on any atom is -0.383 e. The Labute approximate surface area is 144 Å². The van der Waals surface area contributed by atoms with Gasteiger partial charge in [-0.25, -0.2) is 4.98 Å². The highest BCUT2D eigenvalue weighted by molar-refractivity contribution is 6.26. The molecule has 0 atom stereocenters. The van der Waals surface area contributed by atoms with Crippen LogP contribution in [0.4, 0.5) is 5.69 Å². The second-order valence-electron chi connectivity index (χ2n) is 5.86. The number of likely N-dealkylation sites (N-methyl/N-ethyl adjacent to an activating group) is 1. The van der Waals surface area contributed by atoms with Gasteiger partial charge in [0.1, 0.15) is 17.1 Å². The van der Waals surface area contributed by atoms with Crippen LogP contribution in [0.5, 0.6) is 0 Å². The van der Waals surface area contributed by atoms with Gasteiger partial charge in [0.15, 0.2) is 0 Å². The summed E-state index contributed by atoms with van der Waals surface area (Å²) in [4.78, 5) is 21.7. The first-order valence-electron chi connectivity index (χ1n) is 8.24. The topological polar surface area (TPSA) is 111 Å². The molecule has 25 heavy (non-hydrogen) atoms. The van der Waals surface area contributed by atoms with E-state index >= 15 is 0 Å². The van der Waals surface area contributed by atoms with Crippen LogP contribution in [0.3, 0.4) is 0 Å². The van der Waals surface area contributed by atoms with Gasteiger partial charge in [-0.15, -0.1) is 0 Å². The van der Waals surface area contributed by atoms with Crippen molar-refractivity contribution in [1.82, 2.24) is 25.1 Å². The van der Waals surface area contributed by atoms with Crippen molar-refractivity contribution in [2.45, 2.75) is 6.54 Å². The fourth-order valence-electron chi connectivity index (χ4n) is 3.23. The summed E-state index contributed by atoms with van der Waals surface area (Å²) in [6, 6.07) is 3.90. The van der Waals surface area contributed by atoms with Crippen LogP contribution in [-0.2, 0) is 6.54 Å². The molecule has 0 unspecified atom stereocenters. The molecule has 0 bridgehead atoms. The summed E-state index contributed by atoms with van der Waals surface area (Å²) < 4.78 is 1.84. The third-order valence-electron chi connectivity index (χ3n) is 4.31. The number of nitrogens with two attached hydrogens (primary N) is 1. The van der Waals surface area contributed by atoms with E-state index in [0.717, 1.165) is 23.1 Å². The van der Waals surface area contributed by atoms with Crippen molar-refractivity contribution >= 4 is 22.4 Å². The molecule has 1 aliphatic carbocycles. The van der Waals surface area contributed by atoms with Gasteiger partial charge >= 0.3 is 0 Å². The third-order valence-corrected chi connectivity index (χ3v) is 4.31. The molecule has 0 radical (unpaired) electrons. The molecule has 1 aliphatic rings. The van der Waals surface area contributed by atoms with E-state index in [4.69, 9.17) is 5.73 Å². The highest BCUT2D eigenvalue weighted by Crippen LogP contribution is 2.40. The van der Waals surface area contributed by atoms with E-state index in [1.807, 2.05) is 23.9 Å². The van der Waals surface area contributed by atoms with E-state index in [2.05, 4.69) is 25.7 Å². The summed E-state index contributed by atoms with van der Waals surface area (Å²) in [5, 5.41) is 11.9. The molecule has 4 rings (SSSR count). The van der Waals surface area contributed by atoms with E-state index in [-0.39, 0.29) is 5.78 Å². The van der Waals surface area contributed by atoms with Gasteiger partial charge in [-0.1, -0.05) is 0 Å². The van der Waals surface area contributed by atoms with Crippen LogP contribution >= 0.6 is 0 Å². The summed E-state index contributed by atoms with van der Waals surface area (Å²) in [7, 11) is 1.89. The fourth-order valence-corrected chi connectivity index (χ4v) is 3.23. The lowest BCUT2D eigenvalue weighted by Gasteiger charge is -2.17. The first-order valence-corrected chi connectivity index (χ1v) is 8.24. The second kappa shape index (κ2) is 6.23. The van der Waals surface area contributed by atoms with Crippen LogP contribution in [0.2, 0.25) is 0 Å². The van der Waals surface area contributed by atoms with Crippen molar-refractivity contribution in [3.63, 3.8) is 0 Å². The number of carbonyl (C=O) groups is 1. The Bertz CT molecular complexity index is 963. The van der Waals surface area contributed by atoms with E-state index in [1.54, 1.807) is 6.20 Å². The van der Waals surface area contributed by atoms with E-state index < -0.39 is 0 Å². The minimum atomic E-state index is -0.125. The Balaban J connectivity index is 1.97. The maximum atomic E-state index is 13.1. The molecule has 8 nitrogen and oxygen atoms in total. The van der Waals surface area contributed by atoms with Crippen LogP contribution in [0.25, 0.3) is 22.3 Å². The smallest absolute Gasteiger partial charge is 0.216 e. The van der Waals surface area contributed by atoms with Crippen LogP contribution in [0.1, 0.15) is 16.1 Å². The number of hydrogen-bond acceptors (Lipinski definition) is 7. The molecule has 128 valence electrons. The van der Waals surface area contributed by atoms with Crippen LogP contribution in [0.15, 0.2) is 24.5 Å². The molecule has 4 N–H and O–H groups in total. The van der Waals surface area contributed by atoms with Gasteiger partial charge in [0.2, 0.25) is 5.78 Å². The van der Waals surface area contributed by atoms with Gasteiger partial charge in [0.05, 0.1) is 17.6 Å². The summed E-state index contributed by atoms with van der Waals surface area (Å²) in [5.41, 5.74) is 9.58. The number of hydrogen-bond donors (Lipinski definition) is 3. The van der Waals surface area contributed by atoms with Crippen molar-refractivity contribution in [2.75, 3.05) is 32.0 Å². The quantitative estimate of drug-likeness (QED) is 0.442. The van der Waals surface area contributed by atoms with E-state index in [9.17, 15) is 4.79 Å². The Morgan fingerprint density at radius 1 is 1.12 bits per heavy atom. The van der Waals surface area contributed by atoms with Crippen molar-refractivity contribution in [1.29, 1.82) is 0 Å². The molecule has 0 spiro atoms. The predicted molar refractivity (Wildman–Crippen MR) is 95.7 cm³/mol. The second-order valence-corrected chi connectivity index (χ2v) is 5.86. The van der Waals surface area contributed by atoms with Crippen molar-refractivity contribution in [2.24, 2.45) is 5.73 Å². The van der Waals surface area contributed by atoms with Crippen LogP contribution < -0.4 is 16.4 Å². The van der Waals surface area contributed by atoms with E-state index in [1.165, 1.54) is 6.20 Å². The molecule has 2 aromatic heterocycles. The molecular formula is C17H19N7O. The molecule has 0 aliphatic heterocycles. The number of benzene rings is 1. The SMILES string of the molecule is CNCCNc1ccc2c3c(nn2CCN)-c2nccnc2C(=O)c13. The lowest BCUT2D eigenvalue weighted by atomic mass is 9.92. The maximum Gasteiger partial charge on any atom is 0.216 e. The molecule has 0 saturated heterocycles. The van der Waals surface area contributed by atoms with Gasteiger partial charge in [0.25, 0.3) is 0 Å². The minimum absolute atomic E-state index is 0.125. The molecular weight excluding hydrogens is 318 g/mol. The van der Waals surface area contributed by atoms with Gasteiger partial charge < -0.3 is 16.4 Å². The largest absolute Gasteiger partial charge is 0.383 e. The number of nitrogens with zero attached hydrogens (tertiary/aromatic N) is 4. The Morgan fingerprint density at radius 3 is 2.68 bits per heavy atom. The first-order chi connectivity index (χ1) is 12.3. The number of fused-ring (bicyclic) bond motifs is 2. The molecule has 0 amide bonds. The zero-order chi connectivity index (χ0) is 17.4. The lowest BCUT2D eigenvalue weighted by molar-refractivity contribution is 0.103. The average Bonchev–Trinajstić information content (AvgIpc) is 3.00. The lowest BCUT2D eigenvalue weighted by Crippen LogP contribution is -2.20. The van der Waals surface area contributed by atoms with Crippen molar-refractivity contribution < 1.29 is 4.79 Å². The number of aromatic nitrogens is 4. The van der Waals surface area contributed by atoms with Crippen LogP contribution in [-0.4, -0.2) is 52.2 Å². The van der Waals surface area contributed by atoms with Crippen molar-refractivity contribution in [3.8, 4) is 11.4 Å².